The van der Waals surface area contributed by atoms with Gasteiger partial charge in [0.25, 0.3) is 5.91 Å². The maximum Gasteiger partial charge on any atom is 0.254 e. The number of likely N-dealkylation sites (tertiary alicyclic amines) is 1. The molecule has 0 spiro atoms. The summed E-state index contributed by atoms with van der Waals surface area (Å²) < 4.78 is 5.46. The first-order chi connectivity index (χ1) is 13.6. The maximum absolute atomic E-state index is 12.6. The summed E-state index contributed by atoms with van der Waals surface area (Å²) >= 11 is 6.08. The minimum atomic E-state index is 0.158. The molecule has 0 unspecified atom stereocenters. The Morgan fingerprint density at radius 1 is 1.14 bits per heavy atom. The Bertz CT molecular complexity index is 846. The molecular weight excluding hydrogens is 372 g/mol. The van der Waals surface area contributed by atoms with E-state index in [1.807, 2.05) is 35.2 Å². The first-order valence-corrected chi connectivity index (χ1v) is 10.4. The van der Waals surface area contributed by atoms with Crippen LogP contribution in [0.5, 0.6) is 5.75 Å². The van der Waals surface area contributed by atoms with Crippen molar-refractivity contribution >= 4 is 17.5 Å². The molecule has 0 atom stereocenters. The van der Waals surface area contributed by atoms with Gasteiger partial charge in [-0.2, -0.15) is 0 Å². The Labute approximate surface area is 172 Å². The second kappa shape index (κ2) is 8.54. The van der Waals surface area contributed by atoms with Gasteiger partial charge in [0.1, 0.15) is 5.75 Å². The van der Waals surface area contributed by atoms with Crippen molar-refractivity contribution in [2.24, 2.45) is 5.92 Å². The van der Waals surface area contributed by atoms with Crippen molar-refractivity contribution < 1.29 is 9.53 Å². The lowest BCUT2D eigenvalue weighted by Crippen LogP contribution is -2.39. The molecule has 28 heavy (non-hydrogen) atoms. The summed E-state index contributed by atoms with van der Waals surface area (Å²) in [5.74, 6) is 1.71. The molecular formula is C23H27ClN2O2. The molecule has 2 aliphatic heterocycles. The number of para-hydroxylation sites is 1. The van der Waals surface area contributed by atoms with Crippen LogP contribution in [0, 0.1) is 5.92 Å². The number of piperidine rings is 1. The SMILES string of the molecule is COc1ccccc1CCN1CCC(CN2Cc3cc(Cl)ccc3C2=O)CC1. The predicted octanol–water partition coefficient (Wildman–Crippen LogP) is 4.26. The molecule has 2 aromatic rings. The minimum Gasteiger partial charge on any atom is -0.496 e. The van der Waals surface area contributed by atoms with Crippen molar-refractivity contribution in [2.75, 3.05) is 33.3 Å². The van der Waals surface area contributed by atoms with Gasteiger partial charge in [-0.25, -0.2) is 0 Å². The van der Waals surface area contributed by atoms with Crippen molar-refractivity contribution in [2.45, 2.75) is 25.8 Å². The van der Waals surface area contributed by atoms with E-state index in [1.54, 1.807) is 7.11 Å². The number of hydrogen-bond acceptors (Lipinski definition) is 3. The first-order valence-electron chi connectivity index (χ1n) is 10.1. The Balaban J connectivity index is 1.25. The Kier molecular flexibility index (Phi) is 5.88. The molecule has 1 saturated heterocycles. The van der Waals surface area contributed by atoms with Crippen molar-refractivity contribution in [3.63, 3.8) is 0 Å². The van der Waals surface area contributed by atoms with E-state index in [-0.39, 0.29) is 5.91 Å². The molecule has 0 N–H and O–H groups in total. The quantitative estimate of drug-likeness (QED) is 0.728. The molecule has 0 aromatic heterocycles. The van der Waals surface area contributed by atoms with E-state index in [0.717, 1.165) is 62.3 Å². The van der Waals surface area contributed by atoms with Crippen LogP contribution in [0.3, 0.4) is 0 Å². The first kappa shape index (κ1) is 19.3. The number of rotatable bonds is 6. The van der Waals surface area contributed by atoms with Gasteiger partial charge >= 0.3 is 0 Å². The molecule has 0 radical (unpaired) electrons. The van der Waals surface area contributed by atoms with Crippen LogP contribution in [0.25, 0.3) is 0 Å². The van der Waals surface area contributed by atoms with E-state index in [1.165, 1.54) is 5.56 Å². The molecule has 1 amide bonds. The molecule has 2 heterocycles. The highest BCUT2D eigenvalue weighted by Gasteiger charge is 2.30. The molecule has 4 nitrogen and oxygen atoms in total. The van der Waals surface area contributed by atoms with Crippen LogP contribution in [0.15, 0.2) is 42.5 Å². The average Bonchev–Trinajstić information content (AvgIpc) is 3.02. The normalized spacial score (nSPS) is 17.8. The highest BCUT2D eigenvalue weighted by molar-refractivity contribution is 6.30. The van der Waals surface area contributed by atoms with Crippen LogP contribution in [0.1, 0.15) is 34.3 Å². The van der Waals surface area contributed by atoms with Gasteiger partial charge in [-0.05, 0) is 73.7 Å². The number of nitrogens with zero attached hydrogens (tertiary/aromatic N) is 2. The summed E-state index contributed by atoms with van der Waals surface area (Å²) in [6, 6.07) is 13.9. The Hall–Kier alpha value is -2.04. The van der Waals surface area contributed by atoms with E-state index in [0.29, 0.717) is 17.5 Å². The van der Waals surface area contributed by atoms with Crippen LogP contribution < -0.4 is 4.74 Å². The summed E-state index contributed by atoms with van der Waals surface area (Å²) in [6.45, 7) is 4.80. The van der Waals surface area contributed by atoms with Gasteiger partial charge in [0.2, 0.25) is 0 Å². The molecule has 2 aliphatic rings. The van der Waals surface area contributed by atoms with Crippen molar-refractivity contribution in [3.8, 4) is 5.75 Å². The number of fused-ring (bicyclic) bond motifs is 1. The number of carbonyl (C=O) groups is 1. The summed E-state index contributed by atoms with van der Waals surface area (Å²) in [5.41, 5.74) is 3.15. The Morgan fingerprint density at radius 3 is 2.71 bits per heavy atom. The second-order valence-corrected chi connectivity index (χ2v) is 8.27. The fourth-order valence-corrected chi connectivity index (χ4v) is 4.58. The topological polar surface area (TPSA) is 32.8 Å². The lowest BCUT2D eigenvalue weighted by Gasteiger charge is -2.34. The van der Waals surface area contributed by atoms with Crippen LogP contribution in [0.2, 0.25) is 5.02 Å². The zero-order chi connectivity index (χ0) is 19.5. The number of ether oxygens (including phenoxy) is 1. The molecule has 4 rings (SSSR count). The number of benzene rings is 2. The van der Waals surface area contributed by atoms with Gasteiger partial charge in [-0.15, -0.1) is 0 Å². The molecule has 148 valence electrons. The third-order valence-electron chi connectivity index (χ3n) is 6.02. The lowest BCUT2D eigenvalue weighted by molar-refractivity contribution is 0.0714. The smallest absolute Gasteiger partial charge is 0.254 e. The average molecular weight is 399 g/mol. The molecule has 0 bridgehead atoms. The third kappa shape index (κ3) is 4.18. The van der Waals surface area contributed by atoms with Gasteiger partial charge in [0.15, 0.2) is 0 Å². The number of methoxy groups -OCH3 is 1. The molecule has 0 aliphatic carbocycles. The van der Waals surface area contributed by atoms with Gasteiger partial charge in [-0.3, -0.25) is 4.79 Å². The van der Waals surface area contributed by atoms with Crippen molar-refractivity contribution in [1.29, 1.82) is 0 Å². The predicted molar refractivity (Wildman–Crippen MR) is 112 cm³/mol. The Morgan fingerprint density at radius 2 is 1.93 bits per heavy atom. The van der Waals surface area contributed by atoms with E-state index >= 15 is 0 Å². The fourth-order valence-electron chi connectivity index (χ4n) is 4.39. The van der Waals surface area contributed by atoms with E-state index in [2.05, 4.69) is 17.0 Å². The number of hydrogen-bond donors (Lipinski definition) is 0. The van der Waals surface area contributed by atoms with Gasteiger partial charge in [0, 0.05) is 30.2 Å². The molecule has 5 heteroatoms. The summed E-state index contributed by atoms with van der Waals surface area (Å²) in [7, 11) is 1.73. The molecule has 0 saturated carbocycles. The highest BCUT2D eigenvalue weighted by atomic mass is 35.5. The summed E-state index contributed by atoms with van der Waals surface area (Å²) in [5, 5.41) is 0.705. The number of carbonyl (C=O) groups excluding carboxylic acids is 1. The van der Waals surface area contributed by atoms with E-state index in [9.17, 15) is 4.79 Å². The van der Waals surface area contributed by atoms with Crippen LogP contribution in [0.4, 0.5) is 0 Å². The largest absolute Gasteiger partial charge is 0.496 e. The monoisotopic (exact) mass is 398 g/mol. The standard InChI is InChI=1S/C23H27ClN2O2/c1-28-22-5-3-2-4-18(22)10-13-25-11-8-17(9-12-25)15-26-16-19-14-20(24)6-7-21(19)23(26)27/h2-7,14,17H,8-13,15-16H2,1H3. The third-order valence-corrected chi connectivity index (χ3v) is 6.26. The van der Waals surface area contributed by atoms with Crippen LogP contribution in [-0.4, -0.2) is 49.0 Å². The fraction of sp³-hybridized carbons (Fsp3) is 0.435. The molecule has 1 fully saturated rings. The van der Waals surface area contributed by atoms with Crippen LogP contribution >= 0.6 is 11.6 Å². The zero-order valence-electron chi connectivity index (χ0n) is 16.4. The van der Waals surface area contributed by atoms with Crippen molar-refractivity contribution in [3.05, 3.63) is 64.2 Å². The second-order valence-electron chi connectivity index (χ2n) is 7.83. The van der Waals surface area contributed by atoms with Gasteiger partial charge in [0.05, 0.1) is 7.11 Å². The summed E-state index contributed by atoms with van der Waals surface area (Å²) in [6.07, 6.45) is 3.30. The van der Waals surface area contributed by atoms with E-state index < -0.39 is 0 Å². The van der Waals surface area contributed by atoms with Gasteiger partial charge < -0.3 is 14.5 Å². The van der Waals surface area contributed by atoms with Crippen molar-refractivity contribution in [1.82, 2.24) is 9.80 Å². The highest BCUT2D eigenvalue weighted by Crippen LogP contribution is 2.28. The van der Waals surface area contributed by atoms with E-state index in [4.69, 9.17) is 16.3 Å². The number of amides is 1. The zero-order valence-corrected chi connectivity index (χ0v) is 17.1. The minimum absolute atomic E-state index is 0.158. The molecule has 2 aromatic carbocycles. The lowest BCUT2D eigenvalue weighted by atomic mass is 9.96. The number of halogens is 1. The van der Waals surface area contributed by atoms with Gasteiger partial charge in [-0.1, -0.05) is 29.8 Å². The summed E-state index contributed by atoms with van der Waals surface area (Å²) in [4.78, 5) is 17.2. The maximum atomic E-state index is 12.6. The van der Waals surface area contributed by atoms with Crippen LogP contribution in [-0.2, 0) is 13.0 Å².